The highest BCUT2D eigenvalue weighted by Gasteiger charge is 2.19. The van der Waals surface area contributed by atoms with E-state index in [1.165, 1.54) is 23.9 Å². The number of ether oxygens (including phenoxy) is 1. The maximum absolute atomic E-state index is 13.4. The minimum atomic E-state index is -0.392. The molecule has 2 aromatic heterocycles. The number of methoxy groups -OCH3 is 1. The zero-order valence-corrected chi connectivity index (χ0v) is 16.3. The van der Waals surface area contributed by atoms with Gasteiger partial charge in [-0.2, -0.15) is 4.68 Å². The summed E-state index contributed by atoms with van der Waals surface area (Å²) in [7, 11) is 1.53. The molecule has 0 spiro atoms. The number of rotatable bonds is 4. The molecule has 0 bridgehead atoms. The first-order valence-electron chi connectivity index (χ1n) is 8.10. The Bertz CT molecular complexity index is 1210. The topological polar surface area (TPSA) is 81.9 Å². The van der Waals surface area contributed by atoms with Gasteiger partial charge in [-0.3, -0.25) is 4.79 Å². The fraction of sp³-hybridized carbons (Fsp3) is 0.111. The molecule has 0 fully saturated rings. The van der Waals surface area contributed by atoms with Crippen molar-refractivity contribution in [2.75, 3.05) is 12.4 Å². The Labute approximate surface area is 167 Å². The normalized spacial score (nSPS) is 11.0. The van der Waals surface area contributed by atoms with Gasteiger partial charge in [0.2, 0.25) is 0 Å². The van der Waals surface area contributed by atoms with Crippen LogP contribution in [0.4, 0.5) is 10.1 Å². The number of nitrogens with zero attached hydrogens (tertiary/aromatic N) is 4. The molecule has 0 aliphatic carbocycles. The fourth-order valence-electron chi connectivity index (χ4n) is 2.76. The molecular formula is C18H13ClFN5O2S. The lowest BCUT2D eigenvalue weighted by Crippen LogP contribution is -2.11. The minimum absolute atomic E-state index is 0.294. The Morgan fingerprint density at radius 2 is 2.11 bits per heavy atom. The molecule has 0 atom stereocenters. The van der Waals surface area contributed by atoms with Crippen LogP contribution in [0.2, 0.25) is 5.02 Å². The summed E-state index contributed by atoms with van der Waals surface area (Å²) >= 11 is 7.46. The number of thiophene rings is 1. The van der Waals surface area contributed by atoms with E-state index in [1.807, 2.05) is 0 Å². The monoisotopic (exact) mass is 417 g/mol. The van der Waals surface area contributed by atoms with Crippen molar-refractivity contribution in [1.29, 1.82) is 0 Å². The zero-order valence-electron chi connectivity index (χ0n) is 14.7. The van der Waals surface area contributed by atoms with Crippen molar-refractivity contribution < 1.29 is 13.9 Å². The lowest BCUT2D eigenvalue weighted by atomic mass is 10.2. The van der Waals surface area contributed by atoms with Gasteiger partial charge in [0.05, 0.1) is 12.1 Å². The Morgan fingerprint density at radius 3 is 2.82 bits per heavy atom. The number of carbonyl (C=O) groups excluding carboxylic acids is 1. The summed E-state index contributed by atoms with van der Waals surface area (Å²) in [6.07, 6.45) is 0. The van der Waals surface area contributed by atoms with E-state index in [-0.39, 0.29) is 5.82 Å². The fourth-order valence-corrected chi connectivity index (χ4v) is 4.20. The molecule has 0 saturated carbocycles. The Balaban J connectivity index is 1.69. The molecule has 28 heavy (non-hydrogen) atoms. The first kappa shape index (κ1) is 18.3. The van der Waals surface area contributed by atoms with Gasteiger partial charge < -0.3 is 10.1 Å². The highest BCUT2D eigenvalue weighted by molar-refractivity contribution is 7.21. The van der Waals surface area contributed by atoms with Gasteiger partial charge in [0.15, 0.2) is 5.82 Å². The number of nitrogens with one attached hydrogen (secondary N) is 1. The maximum Gasteiger partial charge on any atom is 0.267 e. The number of hydrogen-bond donors (Lipinski definition) is 1. The van der Waals surface area contributed by atoms with E-state index in [4.69, 9.17) is 16.3 Å². The largest absolute Gasteiger partial charge is 0.494 e. The number of carbonyl (C=O) groups is 1. The number of aromatic nitrogens is 4. The van der Waals surface area contributed by atoms with Crippen LogP contribution >= 0.6 is 22.9 Å². The van der Waals surface area contributed by atoms with Crippen LogP contribution in [0, 0.1) is 12.7 Å². The molecule has 1 amide bonds. The average molecular weight is 418 g/mol. The van der Waals surface area contributed by atoms with Crippen molar-refractivity contribution in [3.8, 4) is 11.4 Å². The van der Waals surface area contributed by atoms with Gasteiger partial charge >= 0.3 is 0 Å². The molecule has 10 heteroatoms. The summed E-state index contributed by atoms with van der Waals surface area (Å²) in [4.78, 5) is 13.1. The number of halogens is 2. The molecule has 0 saturated heterocycles. The van der Waals surface area contributed by atoms with E-state index in [9.17, 15) is 9.18 Å². The molecule has 142 valence electrons. The molecule has 0 radical (unpaired) electrons. The molecule has 0 aliphatic rings. The number of amides is 1. The van der Waals surface area contributed by atoms with Gasteiger partial charge in [-0.25, -0.2) is 4.39 Å². The van der Waals surface area contributed by atoms with Gasteiger partial charge in [-0.05, 0) is 53.7 Å². The molecule has 7 nitrogen and oxygen atoms in total. The van der Waals surface area contributed by atoms with Gasteiger partial charge in [-0.1, -0.05) is 11.6 Å². The second-order valence-corrected chi connectivity index (χ2v) is 7.29. The molecular weight excluding hydrogens is 405 g/mol. The summed E-state index contributed by atoms with van der Waals surface area (Å²) in [5.74, 6) is 0.338. The lowest BCUT2D eigenvalue weighted by Gasteiger charge is -2.11. The molecule has 4 aromatic rings. The molecule has 0 aliphatic heterocycles. The van der Waals surface area contributed by atoms with Crippen LogP contribution in [0.3, 0.4) is 0 Å². The first-order valence-corrected chi connectivity index (χ1v) is 9.29. The van der Waals surface area contributed by atoms with Crippen molar-refractivity contribution in [2.24, 2.45) is 0 Å². The summed E-state index contributed by atoms with van der Waals surface area (Å²) in [6, 6.07) is 9.32. The number of anilines is 1. The van der Waals surface area contributed by atoms with Crippen molar-refractivity contribution in [2.45, 2.75) is 6.92 Å². The molecule has 1 N–H and O–H groups in total. The SMILES string of the molecule is COc1ccc(NC(=O)c2sc3cc(F)ccc3c2Cl)cc1-n1nnnc1C. The van der Waals surface area contributed by atoms with E-state index < -0.39 is 5.91 Å². The number of hydrogen-bond acceptors (Lipinski definition) is 6. The van der Waals surface area contributed by atoms with Crippen LogP contribution in [0.15, 0.2) is 36.4 Å². The Kier molecular flexibility index (Phi) is 4.70. The zero-order chi connectivity index (χ0) is 19.8. The van der Waals surface area contributed by atoms with Crippen molar-refractivity contribution in [1.82, 2.24) is 20.2 Å². The first-order chi connectivity index (χ1) is 13.5. The molecule has 2 heterocycles. The number of tetrazole rings is 1. The summed E-state index contributed by atoms with van der Waals surface area (Å²) < 4.78 is 20.9. The van der Waals surface area contributed by atoms with Crippen LogP contribution in [0.5, 0.6) is 5.75 Å². The highest BCUT2D eigenvalue weighted by Crippen LogP contribution is 2.36. The third kappa shape index (κ3) is 3.19. The maximum atomic E-state index is 13.4. The number of benzene rings is 2. The number of aryl methyl sites for hydroxylation is 1. The van der Waals surface area contributed by atoms with Gasteiger partial charge in [-0.15, -0.1) is 16.4 Å². The van der Waals surface area contributed by atoms with Crippen molar-refractivity contribution in [3.63, 3.8) is 0 Å². The summed E-state index contributed by atoms with van der Waals surface area (Å²) in [5, 5.41) is 15.2. The Hall–Kier alpha value is -3.04. The molecule has 0 unspecified atom stereocenters. The van der Waals surface area contributed by atoms with Crippen molar-refractivity contribution in [3.05, 3.63) is 57.9 Å². The second-order valence-electron chi connectivity index (χ2n) is 5.86. The van der Waals surface area contributed by atoms with E-state index >= 15 is 0 Å². The smallest absolute Gasteiger partial charge is 0.267 e. The van der Waals surface area contributed by atoms with E-state index in [2.05, 4.69) is 20.8 Å². The van der Waals surface area contributed by atoms with Crippen LogP contribution in [0.25, 0.3) is 15.8 Å². The average Bonchev–Trinajstić information content (AvgIpc) is 3.24. The van der Waals surface area contributed by atoms with Crippen LogP contribution in [-0.4, -0.2) is 33.2 Å². The van der Waals surface area contributed by atoms with E-state index in [0.29, 0.717) is 42.9 Å². The van der Waals surface area contributed by atoms with E-state index in [1.54, 1.807) is 31.2 Å². The van der Waals surface area contributed by atoms with Crippen molar-refractivity contribution >= 4 is 44.6 Å². The van der Waals surface area contributed by atoms with Crippen LogP contribution in [0.1, 0.15) is 15.5 Å². The second kappa shape index (κ2) is 7.17. The van der Waals surface area contributed by atoms with Gasteiger partial charge in [0.25, 0.3) is 5.91 Å². The standard InChI is InChI=1S/C18H13ClFN5O2S/c1-9-22-23-24-25(9)13-8-11(4-6-14(13)27-2)21-18(26)17-16(19)12-5-3-10(20)7-15(12)28-17/h3-8H,1-2H3,(H,21,26). The highest BCUT2D eigenvalue weighted by atomic mass is 35.5. The Morgan fingerprint density at radius 1 is 1.29 bits per heavy atom. The van der Waals surface area contributed by atoms with Gasteiger partial charge in [0.1, 0.15) is 22.1 Å². The van der Waals surface area contributed by atoms with Crippen LogP contribution < -0.4 is 10.1 Å². The molecule has 2 aromatic carbocycles. The van der Waals surface area contributed by atoms with Crippen LogP contribution in [-0.2, 0) is 0 Å². The quantitative estimate of drug-likeness (QED) is 0.537. The predicted octanol–water partition coefficient (Wildman–Crippen LogP) is 4.24. The third-order valence-corrected chi connectivity index (χ3v) is 5.74. The third-order valence-electron chi connectivity index (χ3n) is 4.09. The number of fused-ring (bicyclic) bond motifs is 1. The van der Waals surface area contributed by atoms with E-state index in [0.717, 1.165) is 11.3 Å². The van der Waals surface area contributed by atoms with Gasteiger partial charge in [0, 0.05) is 15.8 Å². The predicted molar refractivity (Wildman–Crippen MR) is 105 cm³/mol. The summed E-state index contributed by atoms with van der Waals surface area (Å²) in [6.45, 7) is 1.75. The molecule has 4 rings (SSSR count). The lowest BCUT2D eigenvalue weighted by molar-refractivity contribution is 0.103. The summed E-state index contributed by atoms with van der Waals surface area (Å²) in [5.41, 5.74) is 1.09. The minimum Gasteiger partial charge on any atom is -0.494 e.